The molecular formula is C19H24N2O3S. The number of anilines is 1. The number of thiocarbonyl (C=S) groups is 1. The summed E-state index contributed by atoms with van der Waals surface area (Å²) in [6, 6.07) is 11.7. The highest BCUT2D eigenvalue weighted by Gasteiger charge is 2.21. The van der Waals surface area contributed by atoms with Crippen LogP contribution in [0.15, 0.2) is 47.1 Å². The number of hydrogen-bond donors (Lipinski definition) is 1. The third kappa shape index (κ3) is 5.21. The molecule has 1 aliphatic heterocycles. The molecule has 1 aromatic carbocycles. The number of hydrogen-bond acceptors (Lipinski definition) is 4. The maximum Gasteiger partial charge on any atom is 0.173 e. The topological polar surface area (TPSA) is 46.9 Å². The predicted octanol–water partition coefficient (Wildman–Crippen LogP) is 4.06. The Hall–Kier alpha value is -2.05. The molecule has 1 atom stereocenters. The van der Waals surface area contributed by atoms with Gasteiger partial charge in [-0.15, -0.1) is 0 Å². The van der Waals surface area contributed by atoms with E-state index in [2.05, 4.69) is 10.2 Å². The van der Waals surface area contributed by atoms with Gasteiger partial charge in [0, 0.05) is 18.8 Å². The molecule has 3 rings (SSSR count). The van der Waals surface area contributed by atoms with Gasteiger partial charge >= 0.3 is 0 Å². The fourth-order valence-corrected chi connectivity index (χ4v) is 3.10. The molecule has 2 aromatic rings. The molecule has 1 aliphatic rings. The number of ether oxygens (including phenoxy) is 2. The second-order valence-corrected chi connectivity index (χ2v) is 6.37. The second-order valence-electron chi connectivity index (χ2n) is 5.98. The van der Waals surface area contributed by atoms with Gasteiger partial charge in [0.1, 0.15) is 11.5 Å². The molecule has 0 radical (unpaired) electrons. The first-order valence-corrected chi connectivity index (χ1v) is 9.08. The first kappa shape index (κ1) is 17.8. The Morgan fingerprint density at radius 3 is 2.80 bits per heavy atom. The number of rotatable bonds is 7. The minimum Gasteiger partial charge on any atom is -0.494 e. The van der Waals surface area contributed by atoms with Crippen LogP contribution in [0.2, 0.25) is 0 Å². The SMILES string of the molecule is CCOc1ccc(NC(=S)N(Cc2ccco2)CC2CCCO2)cc1. The van der Waals surface area contributed by atoms with Crippen LogP contribution >= 0.6 is 12.2 Å². The van der Waals surface area contributed by atoms with E-state index >= 15 is 0 Å². The highest BCUT2D eigenvalue weighted by molar-refractivity contribution is 7.80. The number of nitrogens with zero attached hydrogens (tertiary/aromatic N) is 1. The molecule has 5 nitrogen and oxygen atoms in total. The summed E-state index contributed by atoms with van der Waals surface area (Å²) in [6.07, 6.45) is 4.08. The van der Waals surface area contributed by atoms with Gasteiger partial charge in [0.05, 0.1) is 25.5 Å². The van der Waals surface area contributed by atoms with E-state index in [0.29, 0.717) is 18.3 Å². The van der Waals surface area contributed by atoms with Crippen molar-refractivity contribution in [2.45, 2.75) is 32.4 Å². The summed E-state index contributed by atoms with van der Waals surface area (Å²) in [5.74, 6) is 1.74. The van der Waals surface area contributed by atoms with Crippen LogP contribution in [0, 0.1) is 0 Å². The molecule has 1 aromatic heterocycles. The summed E-state index contributed by atoms with van der Waals surface area (Å²) >= 11 is 5.64. The van der Waals surface area contributed by atoms with E-state index in [1.54, 1.807) is 6.26 Å². The fourth-order valence-electron chi connectivity index (χ4n) is 2.85. The van der Waals surface area contributed by atoms with Crippen LogP contribution in [0.4, 0.5) is 5.69 Å². The molecule has 0 amide bonds. The van der Waals surface area contributed by atoms with E-state index in [9.17, 15) is 0 Å². The maximum atomic E-state index is 5.77. The van der Waals surface area contributed by atoms with E-state index in [0.717, 1.165) is 43.2 Å². The zero-order valence-corrected chi connectivity index (χ0v) is 15.3. The maximum absolute atomic E-state index is 5.77. The van der Waals surface area contributed by atoms with Gasteiger partial charge in [0.2, 0.25) is 0 Å². The molecule has 0 bridgehead atoms. The third-order valence-electron chi connectivity index (χ3n) is 4.08. The van der Waals surface area contributed by atoms with Crippen LogP contribution in [-0.2, 0) is 11.3 Å². The Labute approximate surface area is 153 Å². The average Bonchev–Trinajstić information content (AvgIpc) is 3.30. The Bertz CT molecular complexity index is 652. The molecule has 25 heavy (non-hydrogen) atoms. The summed E-state index contributed by atoms with van der Waals surface area (Å²) in [4.78, 5) is 2.10. The summed E-state index contributed by atoms with van der Waals surface area (Å²) in [5, 5.41) is 3.97. The van der Waals surface area contributed by atoms with Crippen molar-refractivity contribution < 1.29 is 13.9 Å². The molecule has 1 saturated heterocycles. The highest BCUT2D eigenvalue weighted by Crippen LogP contribution is 2.19. The molecule has 0 saturated carbocycles. The van der Waals surface area contributed by atoms with Crippen LogP contribution in [0.25, 0.3) is 0 Å². The van der Waals surface area contributed by atoms with E-state index < -0.39 is 0 Å². The molecular weight excluding hydrogens is 336 g/mol. The normalized spacial score (nSPS) is 16.6. The zero-order valence-electron chi connectivity index (χ0n) is 14.4. The van der Waals surface area contributed by atoms with Crippen LogP contribution in [0.3, 0.4) is 0 Å². The van der Waals surface area contributed by atoms with Crippen molar-refractivity contribution in [3.8, 4) is 5.75 Å². The third-order valence-corrected chi connectivity index (χ3v) is 4.44. The summed E-state index contributed by atoms with van der Waals surface area (Å²) in [5.41, 5.74) is 0.935. The van der Waals surface area contributed by atoms with Crippen LogP contribution in [0.1, 0.15) is 25.5 Å². The fraction of sp³-hybridized carbons (Fsp3) is 0.421. The van der Waals surface area contributed by atoms with Crippen molar-refractivity contribution >= 4 is 23.0 Å². The van der Waals surface area contributed by atoms with Crippen LogP contribution < -0.4 is 10.1 Å². The number of nitrogens with one attached hydrogen (secondary N) is 1. The highest BCUT2D eigenvalue weighted by atomic mass is 32.1. The monoisotopic (exact) mass is 360 g/mol. The molecule has 0 aliphatic carbocycles. The molecule has 1 unspecified atom stereocenters. The summed E-state index contributed by atoms with van der Waals surface area (Å²) in [7, 11) is 0. The molecule has 1 N–H and O–H groups in total. The Kier molecular flexibility index (Phi) is 6.30. The average molecular weight is 360 g/mol. The van der Waals surface area contributed by atoms with Crippen molar-refractivity contribution in [2.75, 3.05) is 25.1 Å². The van der Waals surface area contributed by atoms with Gasteiger partial charge in [-0.05, 0) is 68.4 Å². The molecule has 6 heteroatoms. The lowest BCUT2D eigenvalue weighted by Crippen LogP contribution is -2.39. The van der Waals surface area contributed by atoms with Crippen molar-refractivity contribution in [2.24, 2.45) is 0 Å². The van der Waals surface area contributed by atoms with Crippen LogP contribution in [-0.4, -0.2) is 35.9 Å². The van der Waals surface area contributed by atoms with Gasteiger partial charge in [-0.3, -0.25) is 0 Å². The van der Waals surface area contributed by atoms with E-state index in [1.807, 2.05) is 43.3 Å². The minimum atomic E-state index is 0.218. The standard InChI is InChI=1S/C19H24N2O3S/c1-2-22-16-9-7-15(8-10-16)20-19(25)21(13-17-5-3-11-23-17)14-18-6-4-12-24-18/h3,5,7-11,18H,2,4,6,12-14H2,1H3,(H,20,25). The molecule has 1 fully saturated rings. The van der Waals surface area contributed by atoms with E-state index in [-0.39, 0.29) is 6.10 Å². The Balaban J connectivity index is 1.64. The van der Waals surface area contributed by atoms with Gasteiger partial charge in [-0.25, -0.2) is 0 Å². The second kappa shape index (κ2) is 8.87. The lowest BCUT2D eigenvalue weighted by molar-refractivity contribution is 0.0892. The van der Waals surface area contributed by atoms with Gasteiger partial charge in [-0.1, -0.05) is 0 Å². The lowest BCUT2D eigenvalue weighted by atomic mass is 10.2. The number of furan rings is 1. The molecule has 0 spiro atoms. The van der Waals surface area contributed by atoms with Gasteiger partial charge in [0.15, 0.2) is 5.11 Å². The van der Waals surface area contributed by atoms with Crippen molar-refractivity contribution in [1.82, 2.24) is 4.90 Å². The van der Waals surface area contributed by atoms with Gasteiger partial charge in [-0.2, -0.15) is 0 Å². The van der Waals surface area contributed by atoms with E-state index in [4.69, 9.17) is 26.1 Å². The minimum absolute atomic E-state index is 0.218. The van der Waals surface area contributed by atoms with Gasteiger partial charge < -0.3 is 24.1 Å². The quantitative estimate of drug-likeness (QED) is 0.752. The predicted molar refractivity (Wildman–Crippen MR) is 102 cm³/mol. The zero-order chi connectivity index (χ0) is 17.5. The van der Waals surface area contributed by atoms with Crippen molar-refractivity contribution in [1.29, 1.82) is 0 Å². The smallest absolute Gasteiger partial charge is 0.173 e. The van der Waals surface area contributed by atoms with Gasteiger partial charge in [0.25, 0.3) is 0 Å². The van der Waals surface area contributed by atoms with Crippen molar-refractivity contribution in [3.63, 3.8) is 0 Å². The lowest BCUT2D eigenvalue weighted by Gasteiger charge is -2.27. The van der Waals surface area contributed by atoms with Crippen LogP contribution in [0.5, 0.6) is 5.75 Å². The van der Waals surface area contributed by atoms with Crippen molar-refractivity contribution in [3.05, 3.63) is 48.4 Å². The Morgan fingerprint density at radius 2 is 2.16 bits per heavy atom. The summed E-state index contributed by atoms with van der Waals surface area (Å²) < 4.78 is 16.7. The molecule has 2 heterocycles. The van der Waals surface area contributed by atoms with E-state index in [1.165, 1.54) is 0 Å². The largest absolute Gasteiger partial charge is 0.494 e. The number of benzene rings is 1. The molecule has 134 valence electrons. The summed E-state index contributed by atoms with van der Waals surface area (Å²) in [6.45, 7) is 4.83. The Morgan fingerprint density at radius 1 is 1.32 bits per heavy atom. The first-order chi connectivity index (χ1) is 12.2. The first-order valence-electron chi connectivity index (χ1n) is 8.67.